The van der Waals surface area contributed by atoms with Crippen molar-refractivity contribution in [1.29, 1.82) is 0 Å². The van der Waals surface area contributed by atoms with E-state index in [0.717, 1.165) is 17.6 Å². The number of anilines is 1. The third-order valence-electron chi connectivity index (χ3n) is 2.15. The molecule has 0 fully saturated rings. The van der Waals surface area contributed by atoms with E-state index in [9.17, 15) is 14.9 Å². The summed E-state index contributed by atoms with van der Waals surface area (Å²) in [7, 11) is 0. The highest BCUT2D eigenvalue weighted by atomic mass is 35.5. The summed E-state index contributed by atoms with van der Waals surface area (Å²) in [6.07, 6.45) is 0. The van der Waals surface area contributed by atoms with Crippen molar-refractivity contribution in [2.45, 2.75) is 6.92 Å². The highest BCUT2D eigenvalue weighted by Gasteiger charge is 2.17. The molecule has 9 heteroatoms. The Bertz CT molecular complexity index is 658. The van der Waals surface area contributed by atoms with Gasteiger partial charge in [-0.1, -0.05) is 11.6 Å². The first-order valence-corrected chi connectivity index (χ1v) is 6.18. The van der Waals surface area contributed by atoms with E-state index in [1.165, 1.54) is 12.1 Å². The molecule has 0 bridgehead atoms. The van der Waals surface area contributed by atoms with E-state index >= 15 is 0 Å². The van der Waals surface area contributed by atoms with Crippen LogP contribution in [0, 0.1) is 17.0 Å². The highest BCUT2D eigenvalue weighted by Crippen LogP contribution is 2.25. The number of nitro groups is 1. The van der Waals surface area contributed by atoms with Gasteiger partial charge in [0.25, 0.3) is 11.6 Å². The molecule has 2 aromatic rings. The second-order valence-electron chi connectivity index (χ2n) is 3.52. The summed E-state index contributed by atoms with van der Waals surface area (Å²) in [5, 5.41) is 13.5. The predicted molar refractivity (Wildman–Crippen MR) is 70.7 cm³/mol. The van der Waals surface area contributed by atoms with E-state index in [1.807, 2.05) is 0 Å². The Labute approximate surface area is 116 Å². The Morgan fingerprint density at radius 3 is 2.84 bits per heavy atom. The molecular weight excluding hydrogens is 292 g/mol. The van der Waals surface area contributed by atoms with Crippen LogP contribution in [0.5, 0.6) is 0 Å². The monoisotopic (exact) mass is 298 g/mol. The number of carbonyl (C=O) groups is 1. The lowest BCUT2D eigenvalue weighted by Crippen LogP contribution is -2.12. The number of halogens is 1. The SMILES string of the molecule is Cc1nsc(NC(=O)c2ccc(Cl)c([N+](=O)[O-])c2)n1. The maximum atomic E-state index is 11.9. The number of nitrogens with zero attached hydrogens (tertiary/aromatic N) is 3. The summed E-state index contributed by atoms with van der Waals surface area (Å²) >= 11 is 6.70. The minimum Gasteiger partial charge on any atom is -0.297 e. The molecule has 19 heavy (non-hydrogen) atoms. The number of amides is 1. The van der Waals surface area contributed by atoms with E-state index in [2.05, 4.69) is 14.7 Å². The summed E-state index contributed by atoms with van der Waals surface area (Å²) in [6, 6.07) is 3.82. The molecule has 0 aliphatic rings. The zero-order chi connectivity index (χ0) is 14.0. The fourth-order valence-corrected chi connectivity index (χ4v) is 2.07. The molecule has 0 aliphatic heterocycles. The Hall–Kier alpha value is -2.06. The molecule has 0 atom stereocenters. The van der Waals surface area contributed by atoms with Crippen LogP contribution in [0.4, 0.5) is 10.8 Å². The smallest absolute Gasteiger partial charge is 0.288 e. The summed E-state index contributed by atoms with van der Waals surface area (Å²) in [5.41, 5.74) is -0.188. The summed E-state index contributed by atoms with van der Waals surface area (Å²) < 4.78 is 3.91. The average molecular weight is 299 g/mol. The molecule has 2 rings (SSSR count). The Balaban J connectivity index is 2.24. The van der Waals surface area contributed by atoms with Crippen molar-refractivity contribution in [3.63, 3.8) is 0 Å². The van der Waals surface area contributed by atoms with Crippen LogP contribution >= 0.6 is 23.1 Å². The molecule has 1 aromatic carbocycles. The minimum atomic E-state index is -0.645. The average Bonchev–Trinajstić information content (AvgIpc) is 2.74. The summed E-state index contributed by atoms with van der Waals surface area (Å²) in [6.45, 7) is 1.69. The van der Waals surface area contributed by atoms with Crippen LogP contribution in [-0.4, -0.2) is 20.2 Å². The van der Waals surface area contributed by atoms with Crippen LogP contribution in [0.3, 0.4) is 0 Å². The van der Waals surface area contributed by atoms with Gasteiger partial charge in [-0.15, -0.1) is 0 Å². The number of hydrogen-bond acceptors (Lipinski definition) is 6. The van der Waals surface area contributed by atoms with Gasteiger partial charge in [0.05, 0.1) is 4.92 Å². The molecule has 7 nitrogen and oxygen atoms in total. The first kappa shape index (κ1) is 13.4. The predicted octanol–water partition coefficient (Wildman–Crippen LogP) is 2.66. The van der Waals surface area contributed by atoms with Gasteiger partial charge in [0, 0.05) is 23.2 Å². The Kier molecular flexibility index (Phi) is 3.72. The third kappa shape index (κ3) is 3.04. The largest absolute Gasteiger partial charge is 0.297 e. The van der Waals surface area contributed by atoms with Gasteiger partial charge in [0.15, 0.2) is 0 Å². The topological polar surface area (TPSA) is 98.0 Å². The molecule has 1 heterocycles. The second-order valence-corrected chi connectivity index (χ2v) is 4.68. The lowest BCUT2D eigenvalue weighted by Gasteiger charge is -2.02. The number of aromatic nitrogens is 2. The number of rotatable bonds is 3. The summed E-state index contributed by atoms with van der Waals surface area (Å²) in [5.74, 6) is 0.0401. The number of hydrogen-bond donors (Lipinski definition) is 1. The van der Waals surface area contributed by atoms with Crippen molar-refractivity contribution in [2.75, 3.05) is 5.32 Å². The van der Waals surface area contributed by atoms with Crippen molar-refractivity contribution in [3.8, 4) is 0 Å². The van der Waals surface area contributed by atoms with Crippen LogP contribution in [0.25, 0.3) is 0 Å². The van der Waals surface area contributed by atoms with Crippen molar-refractivity contribution in [3.05, 3.63) is 44.7 Å². The van der Waals surface area contributed by atoms with Gasteiger partial charge in [0.2, 0.25) is 5.13 Å². The zero-order valence-electron chi connectivity index (χ0n) is 9.58. The van der Waals surface area contributed by atoms with Gasteiger partial charge in [-0.3, -0.25) is 20.2 Å². The normalized spacial score (nSPS) is 10.2. The quantitative estimate of drug-likeness (QED) is 0.694. The van der Waals surface area contributed by atoms with Crippen molar-refractivity contribution < 1.29 is 9.72 Å². The van der Waals surface area contributed by atoms with E-state index in [1.54, 1.807) is 6.92 Å². The van der Waals surface area contributed by atoms with Crippen LogP contribution in [0.15, 0.2) is 18.2 Å². The number of nitrogens with one attached hydrogen (secondary N) is 1. The van der Waals surface area contributed by atoms with E-state index in [-0.39, 0.29) is 16.3 Å². The van der Waals surface area contributed by atoms with Gasteiger partial charge >= 0.3 is 0 Å². The molecular formula is C10H7ClN4O3S. The fraction of sp³-hybridized carbons (Fsp3) is 0.100. The minimum absolute atomic E-state index is 0.0201. The standard InChI is InChI=1S/C10H7ClN4O3S/c1-5-12-10(19-14-5)13-9(16)6-2-3-7(11)8(4-6)15(17)18/h2-4H,1H3,(H,12,13,14,16). The van der Waals surface area contributed by atoms with Crippen molar-refractivity contribution in [1.82, 2.24) is 9.36 Å². The van der Waals surface area contributed by atoms with Crippen molar-refractivity contribution >= 4 is 39.9 Å². The second kappa shape index (κ2) is 5.29. The maximum absolute atomic E-state index is 11.9. The van der Waals surface area contributed by atoms with Gasteiger partial charge < -0.3 is 0 Å². The van der Waals surface area contributed by atoms with Crippen molar-refractivity contribution in [2.24, 2.45) is 0 Å². The van der Waals surface area contributed by atoms with Crippen LogP contribution in [0.1, 0.15) is 16.2 Å². The number of aryl methyl sites for hydroxylation is 1. The van der Waals surface area contributed by atoms with E-state index < -0.39 is 10.8 Å². The number of nitro benzene ring substituents is 1. The highest BCUT2D eigenvalue weighted by molar-refractivity contribution is 7.09. The lowest BCUT2D eigenvalue weighted by molar-refractivity contribution is -0.384. The molecule has 1 amide bonds. The number of benzene rings is 1. The number of carbonyl (C=O) groups excluding carboxylic acids is 1. The van der Waals surface area contributed by atoms with Gasteiger partial charge in [-0.05, 0) is 19.1 Å². The Morgan fingerprint density at radius 2 is 2.26 bits per heavy atom. The lowest BCUT2D eigenvalue weighted by atomic mass is 10.2. The van der Waals surface area contributed by atoms with E-state index in [4.69, 9.17) is 11.6 Å². The van der Waals surface area contributed by atoms with Gasteiger partial charge in [0.1, 0.15) is 10.8 Å². The molecule has 0 unspecified atom stereocenters. The summed E-state index contributed by atoms with van der Waals surface area (Å²) in [4.78, 5) is 25.9. The van der Waals surface area contributed by atoms with Crippen LogP contribution in [0.2, 0.25) is 5.02 Å². The molecule has 1 aromatic heterocycles. The maximum Gasteiger partial charge on any atom is 0.288 e. The molecule has 98 valence electrons. The molecule has 1 N–H and O–H groups in total. The van der Waals surface area contributed by atoms with E-state index in [0.29, 0.717) is 11.0 Å². The van der Waals surface area contributed by atoms with Crippen LogP contribution in [-0.2, 0) is 0 Å². The fourth-order valence-electron chi connectivity index (χ4n) is 1.31. The third-order valence-corrected chi connectivity index (χ3v) is 3.19. The molecule has 0 radical (unpaired) electrons. The molecule has 0 saturated carbocycles. The first-order valence-electron chi connectivity index (χ1n) is 5.03. The van der Waals surface area contributed by atoms with Gasteiger partial charge in [-0.25, -0.2) is 4.98 Å². The molecule has 0 saturated heterocycles. The molecule has 0 aliphatic carbocycles. The first-order chi connectivity index (χ1) is 8.97. The Morgan fingerprint density at radius 1 is 1.53 bits per heavy atom. The zero-order valence-corrected chi connectivity index (χ0v) is 11.2. The molecule has 0 spiro atoms. The van der Waals surface area contributed by atoms with Gasteiger partial charge in [-0.2, -0.15) is 4.37 Å². The van der Waals surface area contributed by atoms with Crippen LogP contribution < -0.4 is 5.32 Å².